The number of benzene rings is 1. The van der Waals surface area contributed by atoms with Crippen LogP contribution in [0.2, 0.25) is 0 Å². The van der Waals surface area contributed by atoms with Crippen LogP contribution in [0, 0.1) is 0 Å². The van der Waals surface area contributed by atoms with Crippen LogP contribution in [0.4, 0.5) is 0 Å². The van der Waals surface area contributed by atoms with Crippen molar-refractivity contribution < 1.29 is 5.11 Å². The van der Waals surface area contributed by atoms with Gasteiger partial charge in [0.1, 0.15) is 0 Å². The minimum absolute atomic E-state index is 0.552. The monoisotopic (exact) mass is 216 g/mol. The van der Waals surface area contributed by atoms with Crippen LogP contribution in [0.5, 0.6) is 0 Å². The summed E-state index contributed by atoms with van der Waals surface area (Å²) in [7, 11) is 0. The van der Waals surface area contributed by atoms with Gasteiger partial charge in [-0.15, -0.1) is 13.2 Å². The largest absolute Gasteiger partial charge is 0.385 e. The molecule has 0 aliphatic heterocycles. The van der Waals surface area contributed by atoms with Crippen molar-refractivity contribution in [1.82, 2.24) is 0 Å². The van der Waals surface area contributed by atoms with Crippen LogP contribution in [0.1, 0.15) is 30.9 Å². The molecule has 0 bridgehead atoms. The molecular formula is C15H20O. The number of hydrogen-bond donors (Lipinski definition) is 1. The van der Waals surface area contributed by atoms with Crippen LogP contribution >= 0.6 is 0 Å². The summed E-state index contributed by atoms with van der Waals surface area (Å²) >= 11 is 0. The molecule has 0 amide bonds. The first kappa shape index (κ1) is 12.7. The van der Waals surface area contributed by atoms with Crippen LogP contribution in [0.25, 0.3) is 0 Å². The van der Waals surface area contributed by atoms with Crippen LogP contribution in [-0.2, 0) is 12.0 Å². The molecule has 0 saturated carbocycles. The van der Waals surface area contributed by atoms with Crippen molar-refractivity contribution in [3.63, 3.8) is 0 Å². The molecule has 1 rings (SSSR count). The molecule has 1 nitrogen and oxygen atoms in total. The third-order valence-electron chi connectivity index (χ3n) is 2.86. The van der Waals surface area contributed by atoms with Gasteiger partial charge in [-0.3, -0.25) is 0 Å². The smallest absolute Gasteiger partial charge is 0.0967 e. The molecule has 0 aromatic heterocycles. The molecular weight excluding hydrogens is 196 g/mol. The quantitative estimate of drug-likeness (QED) is 0.720. The van der Waals surface area contributed by atoms with Gasteiger partial charge < -0.3 is 5.11 Å². The summed E-state index contributed by atoms with van der Waals surface area (Å²) in [5.41, 5.74) is 1.34. The molecule has 16 heavy (non-hydrogen) atoms. The number of rotatable bonds is 6. The molecule has 1 aromatic rings. The summed E-state index contributed by atoms with van der Waals surface area (Å²) in [5.74, 6) is 0. The van der Waals surface area contributed by atoms with Gasteiger partial charge in [-0.25, -0.2) is 0 Å². The fourth-order valence-electron chi connectivity index (χ4n) is 2.06. The summed E-state index contributed by atoms with van der Waals surface area (Å²) < 4.78 is 0. The number of aliphatic hydroxyl groups is 1. The molecule has 86 valence electrons. The van der Waals surface area contributed by atoms with E-state index in [0.29, 0.717) is 12.8 Å². The minimum Gasteiger partial charge on any atom is -0.385 e. The molecule has 0 spiro atoms. The molecule has 0 saturated heterocycles. The molecule has 0 atom stereocenters. The minimum atomic E-state index is -0.851. The zero-order valence-corrected chi connectivity index (χ0v) is 9.95. The topological polar surface area (TPSA) is 20.2 Å². The number of aryl methyl sites for hydroxylation is 1. The highest BCUT2D eigenvalue weighted by molar-refractivity contribution is 5.33. The van der Waals surface area contributed by atoms with Gasteiger partial charge in [-0.2, -0.15) is 0 Å². The Bertz CT molecular complexity index is 355. The van der Waals surface area contributed by atoms with Crippen molar-refractivity contribution in [2.45, 2.75) is 31.8 Å². The van der Waals surface area contributed by atoms with E-state index in [9.17, 15) is 5.11 Å². The maximum atomic E-state index is 10.7. The van der Waals surface area contributed by atoms with Crippen molar-refractivity contribution in [2.24, 2.45) is 0 Å². The SMILES string of the molecule is C=CCC(O)(CC=C)c1ccccc1CC. The highest BCUT2D eigenvalue weighted by Crippen LogP contribution is 2.32. The Morgan fingerprint density at radius 3 is 2.25 bits per heavy atom. The Hall–Kier alpha value is -1.34. The fraction of sp³-hybridized carbons (Fsp3) is 0.333. The fourth-order valence-corrected chi connectivity index (χ4v) is 2.06. The first-order chi connectivity index (χ1) is 7.68. The summed E-state index contributed by atoms with van der Waals surface area (Å²) in [6.45, 7) is 9.53. The predicted octanol–water partition coefficient (Wildman–Crippen LogP) is 3.59. The highest BCUT2D eigenvalue weighted by Gasteiger charge is 2.27. The lowest BCUT2D eigenvalue weighted by Gasteiger charge is -2.28. The molecule has 1 N–H and O–H groups in total. The Kier molecular flexibility index (Phi) is 4.51. The van der Waals surface area contributed by atoms with Gasteiger partial charge in [0, 0.05) is 0 Å². The average Bonchev–Trinajstić information content (AvgIpc) is 2.29. The van der Waals surface area contributed by atoms with Crippen molar-refractivity contribution in [3.8, 4) is 0 Å². The van der Waals surface area contributed by atoms with Gasteiger partial charge in [0.25, 0.3) is 0 Å². The second-order valence-corrected chi connectivity index (χ2v) is 4.03. The van der Waals surface area contributed by atoms with Crippen LogP contribution in [-0.4, -0.2) is 5.11 Å². The van der Waals surface area contributed by atoms with Crippen LogP contribution in [0.15, 0.2) is 49.6 Å². The van der Waals surface area contributed by atoms with Crippen LogP contribution < -0.4 is 0 Å². The van der Waals surface area contributed by atoms with Crippen molar-refractivity contribution in [1.29, 1.82) is 0 Å². The predicted molar refractivity (Wildman–Crippen MR) is 69.3 cm³/mol. The lowest BCUT2D eigenvalue weighted by Crippen LogP contribution is -2.25. The summed E-state index contributed by atoms with van der Waals surface area (Å²) in [6, 6.07) is 8.02. The molecule has 0 radical (unpaired) electrons. The summed E-state index contributed by atoms with van der Waals surface area (Å²) in [5, 5.41) is 10.7. The third kappa shape index (κ3) is 2.61. The van der Waals surface area contributed by atoms with E-state index in [4.69, 9.17) is 0 Å². The molecule has 0 aliphatic rings. The van der Waals surface area contributed by atoms with E-state index in [1.165, 1.54) is 5.56 Å². The Morgan fingerprint density at radius 1 is 1.19 bits per heavy atom. The van der Waals surface area contributed by atoms with Crippen molar-refractivity contribution in [2.75, 3.05) is 0 Å². The Labute approximate surface area is 98.1 Å². The van der Waals surface area contributed by atoms with Crippen molar-refractivity contribution in [3.05, 3.63) is 60.7 Å². The first-order valence-electron chi connectivity index (χ1n) is 5.70. The average molecular weight is 216 g/mol. The summed E-state index contributed by atoms with van der Waals surface area (Å²) in [6.07, 6.45) is 5.55. The van der Waals surface area contributed by atoms with E-state index in [0.717, 1.165) is 12.0 Å². The van der Waals surface area contributed by atoms with E-state index in [-0.39, 0.29) is 0 Å². The third-order valence-corrected chi connectivity index (χ3v) is 2.86. The first-order valence-corrected chi connectivity index (χ1v) is 5.70. The van der Waals surface area contributed by atoms with Gasteiger partial charge in [-0.1, -0.05) is 43.3 Å². The Morgan fingerprint density at radius 2 is 1.75 bits per heavy atom. The van der Waals surface area contributed by atoms with E-state index < -0.39 is 5.60 Å². The second-order valence-electron chi connectivity index (χ2n) is 4.03. The summed E-state index contributed by atoms with van der Waals surface area (Å²) in [4.78, 5) is 0. The molecule has 0 unspecified atom stereocenters. The standard InChI is InChI=1S/C15H20O/c1-4-11-15(16,12-5-2)14-10-8-7-9-13(14)6-3/h4-5,7-10,16H,1-2,6,11-12H2,3H3. The normalized spacial score (nSPS) is 11.1. The van der Waals surface area contributed by atoms with E-state index >= 15 is 0 Å². The van der Waals surface area contributed by atoms with Gasteiger partial charge in [-0.05, 0) is 30.4 Å². The van der Waals surface area contributed by atoms with Gasteiger partial charge >= 0.3 is 0 Å². The lowest BCUT2D eigenvalue weighted by molar-refractivity contribution is 0.0421. The van der Waals surface area contributed by atoms with Crippen molar-refractivity contribution >= 4 is 0 Å². The van der Waals surface area contributed by atoms with Crippen LogP contribution in [0.3, 0.4) is 0 Å². The van der Waals surface area contributed by atoms with E-state index in [1.54, 1.807) is 12.2 Å². The van der Waals surface area contributed by atoms with Gasteiger partial charge in [0.05, 0.1) is 5.60 Å². The van der Waals surface area contributed by atoms with E-state index in [2.05, 4.69) is 26.1 Å². The highest BCUT2D eigenvalue weighted by atomic mass is 16.3. The molecule has 0 heterocycles. The van der Waals surface area contributed by atoms with Gasteiger partial charge in [0.15, 0.2) is 0 Å². The number of hydrogen-bond acceptors (Lipinski definition) is 1. The molecule has 1 heteroatoms. The maximum absolute atomic E-state index is 10.7. The zero-order valence-electron chi connectivity index (χ0n) is 9.95. The molecule has 0 aliphatic carbocycles. The Balaban J connectivity index is 3.18. The van der Waals surface area contributed by atoms with Gasteiger partial charge in [0.2, 0.25) is 0 Å². The zero-order chi connectivity index (χ0) is 12.0. The second kappa shape index (κ2) is 5.66. The molecule has 1 aromatic carbocycles. The van der Waals surface area contributed by atoms with E-state index in [1.807, 2.05) is 18.2 Å². The maximum Gasteiger partial charge on any atom is 0.0967 e. The molecule has 0 fully saturated rings. The lowest BCUT2D eigenvalue weighted by atomic mass is 9.83.